The smallest absolute Gasteiger partial charge is 0.335 e. The van der Waals surface area contributed by atoms with E-state index in [1.54, 1.807) is 53.4 Å². The lowest BCUT2D eigenvalue weighted by Gasteiger charge is -2.14. The number of hydrogen-bond acceptors (Lipinski definition) is 6. The highest BCUT2D eigenvalue weighted by atomic mass is 79.9. The summed E-state index contributed by atoms with van der Waals surface area (Å²) >= 11 is 17.0. The lowest BCUT2D eigenvalue weighted by atomic mass is 10.1. The van der Waals surface area contributed by atoms with Crippen molar-refractivity contribution in [3.8, 4) is 11.5 Å². The molecule has 38 heavy (non-hydrogen) atoms. The van der Waals surface area contributed by atoms with Crippen LogP contribution >= 0.6 is 50.9 Å². The zero-order valence-electron chi connectivity index (χ0n) is 20.2. The van der Waals surface area contributed by atoms with Crippen LogP contribution in [0.15, 0.2) is 69.0 Å². The fourth-order valence-electron chi connectivity index (χ4n) is 3.56. The first-order chi connectivity index (χ1) is 18.2. The SMILES string of the molecule is CCN1C(=O)C(=Cc2cc(OC)c(OCc3ccc(Cl)cc3Cl)cc2Br)SC1=Nc1cccc(C(=O)O)c1. The summed E-state index contributed by atoms with van der Waals surface area (Å²) < 4.78 is 12.2. The molecule has 7 nitrogen and oxygen atoms in total. The summed E-state index contributed by atoms with van der Waals surface area (Å²) in [4.78, 5) is 31.0. The van der Waals surface area contributed by atoms with Gasteiger partial charge in [0.1, 0.15) is 6.61 Å². The first kappa shape index (κ1) is 28.0. The second-order valence-electron chi connectivity index (χ2n) is 7.96. The van der Waals surface area contributed by atoms with Gasteiger partial charge in [0.15, 0.2) is 16.7 Å². The fraction of sp³-hybridized carbons (Fsp3) is 0.148. The van der Waals surface area contributed by atoms with E-state index < -0.39 is 5.97 Å². The van der Waals surface area contributed by atoms with Crippen LogP contribution in [0.2, 0.25) is 10.0 Å². The molecule has 0 spiro atoms. The van der Waals surface area contributed by atoms with Gasteiger partial charge in [0.2, 0.25) is 0 Å². The summed E-state index contributed by atoms with van der Waals surface area (Å²) in [6.45, 7) is 2.47. The first-order valence-electron chi connectivity index (χ1n) is 11.3. The number of halogens is 3. The number of ether oxygens (including phenoxy) is 2. The quantitative estimate of drug-likeness (QED) is 0.256. The molecule has 3 aromatic carbocycles. The molecule has 1 aliphatic heterocycles. The Morgan fingerprint density at radius 1 is 1.16 bits per heavy atom. The molecule has 4 rings (SSSR count). The third-order valence-corrected chi connectivity index (χ3v) is 7.77. The summed E-state index contributed by atoms with van der Waals surface area (Å²) in [6, 6.07) is 15.0. The number of nitrogens with zero attached hydrogens (tertiary/aromatic N) is 2. The van der Waals surface area contributed by atoms with Gasteiger partial charge in [-0.1, -0.05) is 51.3 Å². The van der Waals surface area contributed by atoms with Gasteiger partial charge in [0, 0.05) is 26.6 Å². The average Bonchev–Trinajstić information content (AvgIpc) is 3.18. The van der Waals surface area contributed by atoms with Gasteiger partial charge in [0.05, 0.1) is 23.3 Å². The van der Waals surface area contributed by atoms with Gasteiger partial charge in [-0.15, -0.1) is 0 Å². The maximum atomic E-state index is 13.1. The molecule has 0 bridgehead atoms. The summed E-state index contributed by atoms with van der Waals surface area (Å²) in [5.74, 6) is -0.271. The number of methoxy groups -OCH3 is 1. The molecule has 0 unspecified atom stereocenters. The van der Waals surface area contributed by atoms with Crippen LogP contribution in [-0.4, -0.2) is 40.7 Å². The molecule has 1 aliphatic rings. The highest BCUT2D eigenvalue weighted by molar-refractivity contribution is 9.10. The second kappa shape index (κ2) is 12.3. The Balaban J connectivity index is 1.60. The number of carbonyl (C=O) groups is 2. The maximum Gasteiger partial charge on any atom is 0.335 e. The van der Waals surface area contributed by atoms with E-state index in [4.69, 9.17) is 32.7 Å². The highest BCUT2D eigenvalue weighted by Crippen LogP contribution is 2.39. The first-order valence-corrected chi connectivity index (χ1v) is 13.6. The number of benzene rings is 3. The predicted octanol–water partition coefficient (Wildman–Crippen LogP) is 7.67. The lowest BCUT2D eigenvalue weighted by Crippen LogP contribution is -2.28. The Morgan fingerprint density at radius 3 is 2.63 bits per heavy atom. The molecule has 0 saturated carbocycles. The zero-order chi connectivity index (χ0) is 27.4. The molecule has 11 heteroatoms. The lowest BCUT2D eigenvalue weighted by molar-refractivity contribution is -0.122. The number of likely N-dealkylation sites (N-methyl/N-ethyl adjacent to an activating group) is 1. The van der Waals surface area contributed by atoms with Gasteiger partial charge < -0.3 is 14.6 Å². The molecule has 1 fully saturated rings. The van der Waals surface area contributed by atoms with Crippen molar-refractivity contribution in [1.82, 2.24) is 4.90 Å². The van der Waals surface area contributed by atoms with Crippen molar-refractivity contribution in [2.45, 2.75) is 13.5 Å². The molecule has 0 atom stereocenters. The average molecular weight is 636 g/mol. The standard InChI is InChI=1S/C27H21BrCl2N2O5S/c1-3-32-25(33)24(38-27(32)31-19-6-4-5-15(9-19)26(34)35)11-17-10-22(36-2)23(13-20(17)28)37-14-16-7-8-18(29)12-21(16)30/h4-13H,3,14H2,1-2H3,(H,34,35). The van der Waals surface area contributed by atoms with Crippen LogP contribution in [0.25, 0.3) is 6.08 Å². The summed E-state index contributed by atoms with van der Waals surface area (Å²) in [5, 5.41) is 10.8. The normalized spacial score (nSPS) is 15.4. The van der Waals surface area contributed by atoms with Gasteiger partial charge in [-0.3, -0.25) is 9.69 Å². The molecule has 0 aliphatic carbocycles. The number of amidine groups is 1. The molecular weight excluding hydrogens is 615 g/mol. The Kier molecular flexibility index (Phi) is 9.04. The molecule has 1 amide bonds. The number of amides is 1. The highest BCUT2D eigenvalue weighted by Gasteiger charge is 2.32. The Labute approximate surface area is 242 Å². The number of carboxylic acid groups (broad SMARTS) is 1. The summed E-state index contributed by atoms with van der Waals surface area (Å²) in [6.07, 6.45) is 1.75. The molecule has 1 heterocycles. The van der Waals surface area contributed by atoms with Crippen molar-refractivity contribution in [2.75, 3.05) is 13.7 Å². The molecule has 0 radical (unpaired) electrons. The van der Waals surface area contributed by atoms with E-state index in [0.29, 0.717) is 53.9 Å². The van der Waals surface area contributed by atoms with Crippen LogP contribution in [0.3, 0.4) is 0 Å². The zero-order valence-corrected chi connectivity index (χ0v) is 24.1. The van der Waals surface area contributed by atoms with Crippen LogP contribution in [-0.2, 0) is 11.4 Å². The topological polar surface area (TPSA) is 88.4 Å². The van der Waals surface area contributed by atoms with E-state index >= 15 is 0 Å². The predicted molar refractivity (Wildman–Crippen MR) is 155 cm³/mol. The van der Waals surface area contributed by atoms with Crippen LogP contribution < -0.4 is 9.47 Å². The Hall–Kier alpha value is -2.98. The van der Waals surface area contributed by atoms with Crippen LogP contribution in [0.4, 0.5) is 5.69 Å². The number of hydrogen-bond donors (Lipinski definition) is 1. The monoisotopic (exact) mass is 634 g/mol. The van der Waals surface area contributed by atoms with Gasteiger partial charge in [-0.05, 0) is 72.8 Å². The molecule has 0 aromatic heterocycles. The van der Waals surface area contributed by atoms with E-state index in [0.717, 1.165) is 5.56 Å². The maximum absolute atomic E-state index is 13.1. The van der Waals surface area contributed by atoms with Crippen LogP contribution in [0.5, 0.6) is 11.5 Å². The van der Waals surface area contributed by atoms with Gasteiger partial charge in [0.25, 0.3) is 5.91 Å². The molecule has 1 saturated heterocycles. The number of aromatic carboxylic acids is 1. The third kappa shape index (κ3) is 6.35. The van der Waals surface area contributed by atoms with Crippen LogP contribution in [0.1, 0.15) is 28.4 Å². The minimum atomic E-state index is -1.04. The van der Waals surface area contributed by atoms with E-state index in [-0.39, 0.29) is 18.1 Å². The number of aliphatic imine (C=N–C) groups is 1. The number of carboxylic acids is 1. The molecule has 1 N–H and O–H groups in total. The molecule has 196 valence electrons. The molecular formula is C27H21BrCl2N2O5S. The van der Waals surface area contributed by atoms with Crippen molar-refractivity contribution < 1.29 is 24.2 Å². The number of thioether (sulfide) groups is 1. The summed E-state index contributed by atoms with van der Waals surface area (Å²) in [7, 11) is 1.53. The Morgan fingerprint density at radius 2 is 1.95 bits per heavy atom. The fourth-order valence-corrected chi connectivity index (χ4v) is 5.51. The van der Waals surface area contributed by atoms with Crippen molar-refractivity contribution in [3.05, 3.63) is 90.7 Å². The minimum absolute atomic E-state index is 0.122. The second-order valence-corrected chi connectivity index (χ2v) is 10.7. The van der Waals surface area contributed by atoms with E-state index in [2.05, 4.69) is 20.9 Å². The van der Waals surface area contributed by atoms with Crippen molar-refractivity contribution in [2.24, 2.45) is 4.99 Å². The van der Waals surface area contributed by atoms with Gasteiger partial charge in [-0.25, -0.2) is 9.79 Å². The summed E-state index contributed by atoms with van der Waals surface area (Å²) in [5.41, 5.74) is 2.05. The number of carbonyl (C=O) groups excluding carboxylic acids is 1. The third-order valence-electron chi connectivity index (χ3n) is 5.49. The van der Waals surface area contributed by atoms with Crippen molar-refractivity contribution in [3.63, 3.8) is 0 Å². The molecule has 3 aromatic rings. The van der Waals surface area contributed by atoms with E-state index in [9.17, 15) is 14.7 Å². The largest absolute Gasteiger partial charge is 0.493 e. The van der Waals surface area contributed by atoms with Gasteiger partial charge in [-0.2, -0.15) is 0 Å². The minimum Gasteiger partial charge on any atom is -0.493 e. The Bertz CT molecular complexity index is 1480. The van der Waals surface area contributed by atoms with Crippen molar-refractivity contribution >= 4 is 79.7 Å². The van der Waals surface area contributed by atoms with E-state index in [1.165, 1.54) is 31.0 Å². The van der Waals surface area contributed by atoms with Gasteiger partial charge >= 0.3 is 5.97 Å². The van der Waals surface area contributed by atoms with Crippen LogP contribution in [0, 0.1) is 0 Å². The van der Waals surface area contributed by atoms with E-state index in [1.807, 2.05) is 6.92 Å². The van der Waals surface area contributed by atoms with Crippen molar-refractivity contribution in [1.29, 1.82) is 0 Å². The number of rotatable bonds is 8.